The first-order valence-corrected chi connectivity index (χ1v) is 14.0. The summed E-state index contributed by atoms with van der Waals surface area (Å²) in [4.78, 5) is 17.3. The average Bonchev–Trinajstić information content (AvgIpc) is 2.97. The van der Waals surface area contributed by atoms with Gasteiger partial charge in [-0.3, -0.25) is 0 Å². The number of methoxy groups -OCH3 is 1. The van der Waals surface area contributed by atoms with E-state index < -0.39 is 6.10 Å². The van der Waals surface area contributed by atoms with E-state index in [0.29, 0.717) is 36.1 Å². The van der Waals surface area contributed by atoms with E-state index in [4.69, 9.17) is 30.8 Å². The molecule has 208 valence electrons. The molecule has 0 radical (unpaired) electrons. The zero-order chi connectivity index (χ0) is 28.3. The molecule has 0 spiro atoms. The standard InChI is InChI=1S/C33H35ClN2O4/c1-4-6-12-31(33(37)39-5-2)40-32-25(10-8-13-30(32)38-3)22-35-28-11-7-9-23(20-28)14-18-27-19-16-24-15-17-26(34)21-29(24)36-27/h7-11,13-21,31,35H,4-6,12,22H2,1-3H3/b18-14+. The Kier molecular flexibility index (Phi) is 10.4. The van der Waals surface area contributed by atoms with E-state index in [1.165, 1.54) is 0 Å². The fraction of sp³-hybridized carbons (Fsp3) is 0.273. The molecule has 40 heavy (non-hydrogen) atoms. The summed E-state index contributed by atoms with van der Waals surface area (Å²) in [5, 5.41) is 5.19. The Labute approximate surface area is 240 Å². The van der Waals surface area contributed by atoms with Crippen LogP contribution in [0.15, 0.2) is 72.8 Å². The molecule has 1 heterocycles. The molecule has 4 rings (SSSR count). The van der Waals surface area contributed by atoms with Gasteiger partial charge in [0.1, 0.15) is 0 Å². The molecule has 0 aliphatic carbocycles. The summed E-state index contributed by atoms with van der Waals surface area (Å²) in [6.07, 6.45) is 5.71. The van der Waals surface area contributed by atoms with E-state index in [2.05, 4.69) is 18.3 Å². The SMILES string of the molecule is CCCCC(Oc1c(CNc2cccc(/C=C/c3ccc4ccc(Cl)cc4n3)c2)cccc1OC)C(=O)OCC. The molecule has 1 unspecified atom stereocenters. The van der Waals surface area contributed by atoms with Gasteiger partial charge in [-0.15, -0.1) is 0 Å². The number of rotatable bonds is 13. The van der Waals surface area contributed by atoms with Crippen LogP contribution in [0.25, 0.3) is 23.1 Å². The first-order chi connectivity index (χ1) is 19.5. The highest BCUT2D eigenvalue weighted by atomic mass is 35.5. The van der Waals surface area contributed by atoms with E-state index in [9.17, 15) is 4.79 Å². The van der Waals surface area contributed by atoms with Crippen LogP contribution in [0.2, 0.25) is 5.02 Å². The number of anilines is 1. The molecule has 6 nitrogen and oxygen atoms in total. The van der Waals surface area contributed by atoms with Gasteiger partial charge in [-0.25, -0.2) is 9.78 Å². The molecule has 1 aromatic heterocycles. The Morgan fingerprint density at radius 2 is 1.85 bits per heavy atom. The Morgan fingerprint density at radius 1 is 1.02 bits per heavy atom. The summed E-state index contributed by atoms with van der Waals surface area (Å²) in [6, 6.07) is 23.6. The van der Waals surface area contributed by atoms with Gasteiger partial charge in [0.25, 0.3) is 0 Å². The van der Waals surface area contributed by atoms with Gasteiger partial charge >= 0.3 is 5.97 Å². The maximum Gasteiger partial charge on any atom is 0.347 e. The second-order valence-corrected chi connectivity index (χ2v) is 9.77. The van der Waals surface area contributed by atoms with E-state index in [1.54, 1.807) is 14.0 Å². The molecule has 7 heteroatoms. The van der Waals surface area contributed by atoms with Crippen LogP contribution in [-0.2, 0) is 16.1 Å². The van der Waals surface area contributed by atoms with Gasteiger partial charge in [-0.1, -0.05) is 67.4 Å². The molecular weight excluding hydrogens is 524 g/mol. The molecule has 0 amide bonds. The summed E-state index contributed by atoms with van der Waals surface area (Å²) < 4.78 is 17.1. The Morgan fingerprint density at radius 3 is 2.65 bits per heavy atom. The molecule has 1 atom stereocenters. The van der Waals surface area contributed by atoms with Gasteiger partial charge in [0.05, 0.1) is 24.9 Å². The van der Waals surface area contributed by atoms with Crippen molar-refractivity contribution in [2.24, 2.45) is 0 Å². The van der Waals surface area contributed by atoms with Crippen molar-refractivity contribution in [3.63, 3.8) is 0 Å². The van der Waals surface area contributed by atoms with Gasteiger partial charge in [0, 0.05) is 28.2 Å². The van der Waals surface area contributed by atoms with Gasteiger partial charge in [-0.2, -0.15) is 0 Å². The zero-order valence-corrected chi connectivity index (χ0v) is 23.9. The summed E-state index contributed by atoms with van der Waals surface area (Å²) >= 11 is 6.13. The highest BCUT2D eigenvalue weighted by molar-refractivity contribution is 6.31. The number of esters is 1. The van der Waals surface area contributed by atoms with Crippen molar-refractivity contribution in [3.05, 3.63) is 94.6 Å². The van der Waals surface area contributed by atoms with E-state index in [-0.39, 0.29) is 5.97 Å². The highest BCUT2D eigenvalue weighted by Gasteiger charge is 2.24. The van der Waals surface area contributed by atoms with Crippen molar-refractivity contribution in [2.45, 2.75) is 45.8 Å². The third kappa shape index (κ3) is 7.76. The molecule has 0 bridgehead atoms. The van der Waals surface area contributed by atoms with Gasteiger partial charge in [0.2, 0.25) is 0 Å². The minimum Gasteiger partial charge on any atom is -0.493 e. The van der Waals surface area contributed by atoms with Crippen LogP contribution in [0.3, 0.4) is 0 Å². The predicted molar refractivity (Wildman–Crippen MR) is 163 cm³/mol. The number of hydrogen-bond acceptors (Lipinski definition) is 6. The molecular formula is C33H35ClN2O4. The number of para-hydroxylation sites is 1. The van der Waals surface area contributed by atoms with Crippen LogP contribution in [-0.4, -0.2) is 30.8 Å². The summed E-state index contributed by atoms with van der Waals surface area (Å²) in [5.41, 5.74) is 4.57. The second-order valence-electron chi connectivity index (χ2n) is 9.33. The van der Waals surface area contributed by atoms with Crippen LogP contribution in [0.1, 0.15) is 49.9 Å². The number of nitrogens with one attached hydrogen (secondary N) is 1. The van der Waals surface area contributed by atoms with Crippen molar-refractivity contribution < 1.29 is 19.0 Å². The molecule has 0 saturated heterocycles. The molecule has 1 N–H and O–H groups in total. The molecule has 0 aliphatic heterocycles. The Balaban J connectivity index is 1.49. The van der Waals surface area contributed by atoms with Crippen molar-refractivity contribution in [2.75, 3.05) is 19.0 Å². The Bertz CT molecular complexity index is 1470. The minimum atomic E-state index is -0.692. The van der Waals surface area contributed by atoms with E-state index in [0.717, 1.165) is 46.3 Å². The quantitative estimate of drug-likeness (QED) is 0.167. The second kappa shape index (κ2) is 14.4. The lowest BCUT2D eigenvalue weighted by Gasteiger charge is -2.21. The largest absolute Gasteiger partial charge is 0.493 e. The predicted octanol–water partition coefficient (Wildman–Crippen LogP) is 8.18. The van der Waals surface area contributed by atoms with Crippen molar-refractivity contribution in [1.82, 2.24) is 4.98 Å². The number of carbonyl (C=O) groups is 1. The number of unbranched alkanes of at least 4 members (excludes halogenated alkanes) is 1. The number of benzene rings is 3. The molecule has 3 aromatic carbocycles. The number of ether oxygens (including phenoxy) is 3. The maximum atomic E-state index is 12.6. The van der Waals surface area contributed by atoms with Crippen molar-refractivity contribution in [1.29, 1.82) is 0 Å². The fourth-order valence-electron chi connectivity index (χ4n) is 4.32. The Hall–Kier alpha value is -4.03. The number of halogens is 1. The topological polar surface area (TPSA) is 69.7 Å². The summed E-state index contributed by atoms with van der Waals surface area (Å²) in [6.45, 7) is 4.67. The number of hydrogen-bond donors (Lipinski definition) is 1. The van der Waals surface area contributed by atoms with Gasteiger partial charge < -0.3 is 19.5 Å². The third-order valence-corrected chi connectivity index (χ3v) is 6.64. The van der Waals surface area contributed by atoms with E-state index >= 15 is 0 Å². The average molecular weight is 559 g/mol. The molecule has 0 saturated carbocycles. The molecule has 4 aromatic rings. The zero-order valence-electron chi connectivity index (χ0n) is 23.2. The summed E-state index contributed by atoms with van der Waals surface area (Å²) in [7, 11) is 1.60. The van der Waals surface area contributed by atoms with E-state index in [1.807, 2.05) is 78.9 Å². The highest BCUT2D eigenvalue weighted by Crippen LogP contribution is 2.33. The van der Waals surface area contributed by atoms with Crippen molar-refractivity contribution >= 4 is 46.3 Å². The number of nitrogens with zero attached hydrogens (tertiary/aromatic N) is 1. The number of aromatic nitrogens is 1. The summed E-state index contributed by atoms with van der Waals surface area (Å²) in [5.74, 6) is 0.764. The lowest BCUT2D eigenvalue weighted by atomic mass is 10.1. The smallest absolute Gasteiger partial charge is 0.347 e. The normalized spacial score (nSPS) is 11.9. The van der Waals surface area contributed by atoms with Crippen LogP contribution in [0.4, 0.5) is 5.69 Å². The lowest BCUT2D eigenvalue weighted by Crippen LogP contribution is -2.30. The fourth-order valence-corrected chi connectivity index (χ4v) is 4.48. The lowest BCUT2D eigenvalue weighted by molar-refractivity contribution is -0.151. The first kappa shape index (κ1) is 29.0. The number of pyridine rings is 1. The van der Waals surface area contributed by atoms with Gasteiger partial charge in [0.15, 0.2) is 17.6 Å². The molecule has 0 fully saturated rings. The minimum absolute atomic E-state index is 0.307. The van der Waals surface area contributed by atoms with Crippen molar-refractivity contribution in [3.8, 4) is 11.5 Å². The maximum absolute atomic E-state index is 12.6. The van der Waals surface area contributed by atoms with Crippen LogP contribution < -0.4 is 14.8 Å². The van der Waals surface area contributed by atoms with Gasteiger partial charge in [-0.05, 0) is 67.8 Å². The molecule has 0 aliphatic rings. The monoisotopic (exact) mass is 558 g/mol. The first-order valence-electron chi connectivity index (χ1n) is 13.6. The number of fused-ring (bicyclic) bond motifs is 1. The third-order valence-electron chi connectivity index (χ3n) is 6.40. The van der Waals surface area contributed by atoms with Crippen LogP contribution >= 0.6 is 11.6 Å². The van der Waals surface area contributed by atoms with Crippen LogP contribution in [0, 0.1) is 0 Å². The number of carbonyl (C=O) groups excluding carboxylic acids is 1. The van der Waals surface area contributed by atoms with Crippen LogP contribution in [0.5, 0.6) is 11.5 Å².